The molecule has 4 aliphatic rings. The number of pyridine rings is 4. The van der Waals surface area contributed by atoms with E-state index in [2.05, 4.69) is 174 Å². The molecule has 0 spiro atoms. The molecule has 4 aromatic carbocycles. The maximum atomic E-state index is 12.5. The summed E-state index contributed by atoms with van der Waals surface area (Å²) in [6, 6.07) is 65.6. The molecule has 0 amide bonds. The number of Topliss-reactive ketones (excluding diaryl/α,β-unsaturated/α-hetero) is 4. The van der Waals surface area contributed by atoms with Crippen molar-refractivity contribution in [2.45, 2.75) is 60.5 Å². The van der Waals surface area contributed by atoms with Crippen LogP contribution in [0.5, 0.6) is 0 Å². The molecule has 0 fully saturated rings. The number of benzene rings is 4. The second-order valence-corrected chi connectivity index (χ2v) is 23.0. The lowest BCUT2D eigenvalue weighted by Crippen LogP contribution is -2.44. The van der Waals surface area contributed by atoms with Crippen molar-refractivity contribution in [3.63, 3.8) is 0 Å². The van der Waals surface area contributed by atoms with Gasteiger partial charge in [0.15, 0.2) is 74.1 Å². The van der Waals surface area contributed by atoms with Crippen LogP contribution in [0.1, 0.15) is 126 Å². The van der Waals surface area contributed by atoms with Crippen molar-refractivity contribution in [2.24, 2.45) is 9.98 Å². The monoisotopic (exact) mass is 1160 g/mol. The van der Waals surface area contributed by atoms with Crippen molar-refractivity contribution in [1.29, 1.82) is 0 Å². The molecule has 430 valence electrons. The van der Waals surface area contributed by atoms with E-state index in [9.17, 15) is 19.2 Å². The fourth-order valence-electron chi connectivity index (χ4n) is 12.6. The number of hydrogen-bond donors (Lipinski definition) is 0. The molecule has 0 atom stereocenters. The summed E-state index contributed by atoms with van der Waals surface area (Å²) in [7, 11) is 0. The minimum Gasteiger partial charge on any atom is -0.321 e. The molecule has 0 saturated carbocycles. The van der Waals surface area contributed by atoms with Gasteiger partial charge in [-0.1, -0.05) is 97.1 Å². The first-order chi connectivity index (χ1) is 43.4. The molecule has 0 unspecified atom stereocenters. The molecular weight excluding hydrogens is 1100 g/mol. The Bertz CT molecular complexity index is 4640. The van der Waals surface area contributed by atoms with E-state index in [0.29, 0.717) is 55.1 Å². The summed E-state index contributed by atoms with van der Waals surface area (Å²) in [5, 5.41) is 1.87. The first kappa shape index (κ1) is 55.6. The molecule has 12 nitrogen and oxygen atoms in total. The summed E-state index contributed by atoms with van der Waals surface area (Å²) in [5.41, 5.74) is 19.3. The first-order valence-electron chi connectivity index (χ1n) is 29.9. The van der Waals surface area contributed by atoms with Crippen molar-refractivity contribution in [3.8, 4) is 0 Å². The Balaban J connectivity index is 1.08. The van der Waals surface area contributed by atoms with Crippen LogP contribution < -0.4 is 29.0 Å². The van der Waals surface area contributed by atoms with Gasteiger partial charge in [-0.15, -0.1) is 0 Å². The topological polar surface area (TPSA) is 118 Å². The molecule has 6 bridgehead atoms. The molecule has 6 aromatic heterocycles. The van der Waals surface area contributed by atoms with Gasteiger partial charge in [-0.3, -0.25) is 19.2 Å². The minimum absolute atomic E-state index is 0.0178. The van der Waals surface area contributed by atoms with E-state index in [1.807, 2.05) is 97.1 Å². The number of allylic oxidation sites excluding steroid dienone is 4. The number of aliphatic imine (C=N–C) groups is 2. The first-order valence-corrected chi connectivity index (χ1v) is 29.9. The van der Waals surface area contributed by atoms with Crippen LogP contribution in [0.2, 0.25) is 0 Å². The highest BCUT2D eigenvalue weighted by molar-refractivity contribution is 6.31. The van der Waals surface area contributed by atoms with Gasteiger partial charge in [0.05, 0.1) is 67.2 Å². The maximum absolute atomic E-state index is 12.5. The number of rotatable bonds is 16. The molecule has 14 rings (SSSR count). The molecular formula is C77H62N8O4+4. The third-order valence-corrected chi connectivity index (χ3v) is 17.2. The van der Waals surface area contributed by atoms with Crippen LogP contribution in [0, 0.1) is 0 Å². The van der Waals surface area contributed by atoms with Crippen LogP contribution in [0.3, 0.4) is 0 Å². The standard InChI is InChI=1S/C77H62N8O4/c1-50(86)58-25-17-54(18-26-58)45-80-41-9-5-13-66(80)74-62-33-34-63(78-62)75(67-14-6-10-42-81(67)46-55-19-27-59(28-20-55)51(2)87)72-39-40-73-77(69-16-8-12-44-83(69)48-57-23-31-61(32-24-57)53(4)89)65-36-35-64(79-65)76(71-38-37-70(74)84(71)49-85(72)73)68-15-7-11-43-82(68)47-56-21-29-60(30-22-56)52(3)88/h5-44H,45-49H2,1-4H3/q+4. The highest BCUT2D eigenvalue weighted by Gasteiger charge is 2.36. The van der Waals surface area contributed by atoms with Crippen LogP contribution >= 0.6 is 0 Å². The van der Waals surface area contributed by atoms with Gasteiger partial charge in [0, 0.05) is 93.0 Å². The smallest absolute Gasteiger partial charge is 0.217 e. The lowest BCUT2D eigenvalue weighted by molar-refractivity contribution is -0.690. The zero-order valence-electron chi connectivity index (χ0n) is 49.8. The Morgan fingerprint density at radius 3 is 0.921 bits per heavy atom. The van der Waals surface area contributed by atoms with Crippen molar-refractivity contribution < 1.29 is 37.4 Å². The number of carbonyl (C=O) groups is 4. The molecule has 0 radical (unpaired) electrons. The number of hydrogen-bond acceptors (Lipinski definition) is 6. The van der Waals surface area contributed by atoms with E-state index in [1.54, 1.807) is 27.7 Å². The van der Waals surface area contributed by atoms with Gasteiger partial charge in [0.25, 0.3) is 0 Å². The molecule has 10 heterocycles. The Morgan fingerprint density at radius 1 is 0.337 bits per heavy atom. The number of aromatic nitrogens is 6. The summed E-state index contributed by atoms with van der Waals surface area (Å²) < 4.78 is 14.0. The fraction of sp³-hybridized carbons (Fsp3) is 0.117. The Morgan fingerprint density at radius 2 is 0.629 bits per heavy atom. The molecule has 0 aliphatic carbocycles. The van der Waals surface area contributed by atoms with Gasteiger partial charge in [0.1, 0.15) is 6.67 Å². The van der Waals surface area contributed by atoms with E-state index in [4.69, 9.17) is 9.98 Å². The van der Waals surface area contributed by atoms with E-state index in [-0.39, 0.29) is 23.1 Å². The number of nitrogens with zero attached hydrogens (tertiary/aromatic N) is 8. The largest absolute Gasteiger partial charge is 0.321 e. The number of fused-ring (bicyclic) bond motifs is 2. The molecule has 0 saturated heterocycles. The van der Waals surface area contributed by atoms with E-state index in [0.717, 1.165) is 112 Å². The predicted molar refractivity (Wildman–Crippen MR) is 342 cm³/mol. The van der Waals surface area contributed by atoms with Crippen LogP contribution in [0.4, 0.5) is 0 Å². The van der Waals surface area contributed by atoms with Crippen molar-refractivity contribution in [2.75, 3.05) is 0 Å². The van der Waals surface area contributed by atoms with Crippen LogP contribution in [0.25, 0.3) is 22.3 Å². The van der Waals surface area contributed by atoms with Gasteiger partial charge in [-0.2, -0.15) is 18.3 Å². The van der Waals surface area contributed by atoms with Gasteiger partial charge in [-0.25, -0.2) is 9.98 Å². The SMILES string of the molecule is CC(=O)c1ccc(C[n+]2ccccc2C2=C3C=CC(=N3)C(c3cccc[n+]3Cc3ccc(C(C)=O)cc3)=c3ccc4n3Cn3c2ccc3C(c2cccc[n+]2Cc2ccc(C(C)=O)cc2)=C2C=CC(=N2)C=4c2cccc[n+]2Cc2ccc(C(C)=O)cc2)cc1. The lowest BCUT2D eigenvalue weighted by Gasteiger charge is -2.21. The van der Waals surface area contributed by atoms with Gasteiger partial charge >= 0.3 is 0 Å². The van der Waals surface area contributed by atoms with E-state index >= 15 is 0 Å². The highest BCUT2D eigenvalue weighted by atomic mass is 16.1. The number of carbonyl (C=O) groups excluding carboxylic acids is 4. The second-order valence-electron chi connectivity index (χ2n) is 23.0. The van der Waals surface area contributed by atoms with Crippen molar-refractivity contribution in [1.82, 2.24) is 9.13 Å². The molecule has 10 aromatic rings. The Kier molecular flexibility index (Phi) is 14.5. The highest BCUT2D eigenvalue weighted by Crippen LogP contribution is 2.38. The fourth-order valence-corrected chi connectivity index (χ4v) is 12.6. The van der Waals surface area contributed by atoms with E-state index < -0.39 is 0 Å². The predicted octanol–water partition coefficient (Wildman–Crippen LogP) is 9.91. The molecule has 4 aliphatic heterocycles. The molecule has 12 heteroatoms. The average molecular weight is 1160 g/mol. The second kappa shape index (κ2) is 23.2. The van der Waals surface area contributed by atoms with Gasteiger partial charge in [0.2, 0.25) is 22.8 Å². The van der Waals surface area contributed by atoms with Crippen LogP contribution in [0.15, 0.2) is 265 Å². The Labute approximate surface area is 515 Å². The zero-order valence-corrected chi connectivity index (χ0v) is 49.8. The summed E-state index contributed by atoms with van der Waals surface area (Å²) in [5.74, 6) is 0.0710. The normalized spacial score (nSPS) is 13.8. The maximum Gasteiger partial charge on any atom is 0.217 e. The minimum atomic E-state index is 0.0178. The van der Waals surface area contributed by atoms with Crippen LogP contribution in [-0.2, 0) is 32.8 Å². The van der Waals surface area contributed by atoms with Crippen molar-refractivity contribution >= 4 is 56.8 Å². The summed E-state index contributed by atoms with van der Waals surface area (Å²) in [4.78, 5) is 61.5. The summed E-state index contributed by atoms with van der Waals surface area (Å²) in [6.07, 6.45) is 17.1. The summed E-state index contributed by atoms with van der Waals surface area (Å²) >= 11 is 0. The quantitative estimate of drug-likeness (QED) is 0.0708. The number of ketones is 4. The third kappa shape index (κ3) is 10.6. The zero-order chi connectivity index (χ0) is 60.9. The Hall–Kier alpha value is -11.2. The average Bonchev–Trinajstić information content (AvgIpc) is 1.89. The van der Waals surface area contributed by atoms with Gasteiger partial charge < -0.3 is 9.13 Å². The van der Waals surface area contributed by atoms with E-state index in [1.165, 1.54) is 0 Å². The summed E-state index contributed by atoms with van der Waals surface area (Å²) in [6.45, 7) is 8.79. The molecule has 89 heavy (non-hydrogen) atoms. The van der Waals surface area contributed by atoms with Crippen LogP contribution in [-0.4, -0.2) is 43.7 Å². The lowest BCUT2D eigenvalue weighted by atomic mass is 10.0. The third-order valence-electron chi connectivity index (χ3n) is 17.2. The van der Waals surface area contributed by atoms with Crippen molar-refractivity contribution in [3.05, 3.63) is 344 Å². The van der Waals surface area contributed by atoms with Gasteiger partial charge in [-0.05, 0) is 101 Å². The molecule has 0 N–H and O–H groups in total.